The number of rotatable bonds is 4. The Bertz CT molecular complexity index is 758. The van der Waals surface area contributed by atoms with E-state index in [-0.39, 0.29) is 23.0 Å². The maximum absolute atomic E-state index is 13.1. The predicted octanol–water partition coefficient (Wildman–Crippen LogP) is 4.84. The summed E-state index contributed by atoms with van der Waals surface area (Å²) in [6.45, 7) is 6.02. The third kappa shape index (κ3) is 3.59. The Morgan fingerprint density at radius 3 is 2.28 bits per heavy atom. The summed E-state index contributed by atoms with van der Waals surface area (Å²) in [5.41, 5.74) is 1.63. The monoisotopic (exact) mass is 353 g/mol. The molecular formula is C21H23NO2S. The lowest BCUT2D eigenvalue weighted by atomic mass is 9.90. The highest BCUT2D eigenvalue weighted by molar-refractivity contribution is 7.80. The average molecular weight is 353 g/mol. The molecule has 1 aliphatic rings. The van der Waals surface area contributed by atoms with E-state index in [9.17, 15) is 4.79 Å². The van der Waals surface area contributed by atoms with Gasteiger partial charge in [0.15, 0.2) is 0 Å². The van der Waals surface area contributed by atoms with Crippen LogP contribution in [0.25, 0.3) is 0 Å². The Morgan fingerprint density at radius 2 is 1.68 bits per heavy atom. The number of carbonyl (C=O) groups is 1. The minimum absolute atomic E-state index is 0.000723. The molecule has 0 unspecified atom stereocenters. The van der Waals surface area contributed by atoms with E-state index in [1.165, 1.54) is 0 Å². The van der Waals surface area contributed by atoms with Gasteiger partial charge in [0.1, 0.15) is 11.6 Å². The van der Waals surface area contributed by atoms with Crippen molar-refractivity contribution < 1.29 is 9.53 Å². The number of hydrogen-bond acceptors (Lipinski definition) is 3. The molecule has 2 atom stereocenters. The fourth-order valence-electron chi connectivity index (χ4n) is 3.44. The third-order valence-electron chi connectivity index (χ3n) is 4.70. The van der Waals surface area contributed by atoms with Gasteiger partial charge in [0.25, 0.3) is 5.17 Å². The first kappa shape index (κ1) is 17.6. The van der Waals surface area contributed by atoms with Crippen molar-refractivity contribution in [3.8, 4) is 0 Å². The van der Waals surface area contributed by atoms with Gasteiger partial charge in [-0.2, -0.15) is 0 Å². The number of ether oxygens (including phenoxy) is 1. The summed E-state index contributed by atoms with van der Waals surface area (Å²) >= 11 is 5.40. The first-order chi connectivity index (χ1) is 11.9. The van der Waals surface area contributed by atoms with Gasteiger partial charge < -0.3 is 4.74 Å². The molecule has 0 bridgehead atoms. The molecule has 1 amide bonds. The second-order valence-corrected chi connectivity index (χ2v) is 7.41. The van der Waals surface area contributed by atoms with Crippen molar-refractivity contribution in [3.05, 3.63) is 71.8 Å². The van der Waals surface area contributed by atoms with Crippen molar-refractivity contribution in [2.45, 2.75) is 44.8 Å². The molecule has 25 heavy (non-hydrogen) atoms. The Hall–Kier alpha value is -2.20. The molecule has 1 heterocycles. The van der Waals surface area contributed by atoms with Crippen molar-refractivity contribution in [1.82, 2.24) is 4.90 Å². The third-order valence-corrected chi connectivity index (χ3v) is 4.98. The first-order valence-electron chi connectivity index (χ1n) is 8.55. The van der Waals surface area contributed by atoms with Crippen LogP contribution in [0.1, 0.15) is 50.3 Å². The van der Waals surface area contributed by atoms with Crippen LogP contribution >= 0.6 is 12.2 Å². The molecule has 0 aromatic heterocycles. The molecular weight excluding hydrogens is 330 g/mol. The lowest BCUT2D eigenvalue weighted by molar-refractivity contribution is -0.129. The summed E-state index contributed by atoms with van der Waals surface area (Å²) in [4.78, 5) is 14.7. The van der Waals surface area contributed by atoms with Gasteiger partial charge >= 0.3 is 0 Å². The summed E-state index contributed by atoms with van der Waals surface area (Å²) in [7, 11) is 0. The van der Waals surface area contributed by atoms with Gasteiger partial charge in [0, 0.05) is 6.42 Å². The quantitative estimate of drug-likeness (QED) is 0.736. The second-order valence-electron chi connectivity index (χ2n) is 7.06. The van der Waals surface area contributed by atoms with E-state index < -0.39 is 5.60 Å². The van der Waals surface area contributed by atoms with Crippen molar-refractivity contribution in [2.75, 3.05) is 0 Å². The van der Waals surface area contributed by atoms with Crippen LogP contribution in [0.5, 0.6) is 0 Å². The van der Waals surface area contributed by atoms with Crippen LogP contribution < -0.4 is 0 Å². The maximum atomic E-state index is 13.1. The highest BCUT2D eigenvalue weighted by Crippen LogP contribution is 2.42. The fraction of sp³-hybridized carbons (Fsp3) is 0.333. The minimum atomic E-state index is -0.552. The van der Waals surface area contributed by atoms with Crippen LogP contribution in [-0.2, 0) is 9.53 Å². The van der Waals surface area contributed by atoms with E-state index in [1.54, 1.807) is 4.90 Å². The minimum Gasteiger partial charge on any atom is -0.462 e. The Morgan fingerprint density at radius 1 is 1.12 bits per heavy atom. The van der Waals surface area contributed by atoms with Gasteiger partial charge in [0.2, 0.25) is 5.91 Å². The van der Waals surface area contributed by atoms with E-state index in [0.29, 0.717) is 6.42 Å². The lowest BCUT2D eigenvalue weighted by Gasteiger charge is -2.29. The molecule has 0 spiro atoms. The summed E-state index contributed by atoms with van der Waals surface area (Å²) in [6.07, 6.45) is 0.396. The number of hydrogen-bond donors (Lipinski definition) is 0. The standard InChI is InChI=1S/C21H23NO2S/c1-15(16-10-6-4-7-11-16)14-18(23)22-19(17-12-8-5-9-13-17)21(2,3)24-20(22)25/h4-13,15,19H,14H2,1-3H3/t15-,19+/m0/s1. The van der Waals surface area contributed by atoms with Crippen LogP contribution in [0.2, 0.25) is 0 Å². The molecule has 0 radical (unpaired) electrons. The first-order valence-corrected chi connectivity index (χ1v) is 8.96. The molecule has 4 heteroatoms. The summed E-state index contributed by atoms with van der Waals surface area (Å²) in [6, 6.07) is 19.8. The van der Waals surface area contributed by atoms with Crippen LogP contribution in [0.15, 0.2) is 60.7 Å². The van der Waals surface area contributed by atoms with E-state index in [4.69, 9.17) is 17.0 Å². The molecule has 1 saturated heterocycles. The van der Waals surface area contributed by atoms with Gasteiger partial charge in [-0.3, -0.25) is 9.69 Å². The van der Waals surface area contributed by atoms with Crippen molar-refractivity contribution in [2.24, 2.45) is 0 Å². The largest absolute Gasteiger partial charge is 0.462 e. The van der Waals surface area contributed by atoms with Crippen LogP contribution in [-0.4, -0.2) is 21.6 Å². The number of benzene rings is 2. The van der Waals surface area contributed by atoms with E-state index >= 15 is 0 Å². The molecule has 0 saturated carbocycles. The fourth-order valence-corrected chi connectivity index (χ4v) is 3.86. The Kier molecular flexibility index (Phi) is 4.91. The normalized spacial score (nSPS) is 20.2. The highest BCUT2D eigenvalue weighted by Gasteiger charge is 2.49. The maximum Gasteiger partial charge on any atom is 0.267 e. The summed E-state index contributed by atoms with van der Waals surface area (Å²) in [5, 5.41) is 0.268. The number of amides is 1. The zero-order chi connectivity index (χ0) is 18.0. The SMILES string of the molecule is C[C@@H](CC(=O)N1C(=S)OC(C)(C)[C@H]1c1ccccc1)c1ccccc1. The number of thiocarbonyl (C=S) groups is 1. The molecule has 0 aliphatic carbocycles. The van der Waals surface area contributed by atoms with Gasteiger partial charge in [-0.15, -0.1) is 0 Å². The van der Waals surface area contributed by atoms with Crippen LogP contribution in [0.4, 0.5) is 0 Å². The molecule has 2 aromatic rings. The predicted molar refractivity (Wildman–Crippen MR) is 103 cm³/mol. The zero-order valence-corrected chi connectivity index (χ0v) is 15.6. The van der Waals surface area contributed by atoms with Crippen LogP contribution in [0.3, 0.4) is 0 Å². The van der Waals surface area contributed by atoms with Crippen LogP contribution in [0, 0.1) is 0 Å². The van der Waals surface area contributed by atoms with Crippen molar-refractivity contribution in [1.29, 1.82) is 0 Å². The number of nitrogens with zero attached hydrogens (tertiary/aromatic N) is 1. The van der Waals surface area contributed by atoms with Gasteiger partial charge in [-0.25, -0.2) is 0 Å². The van der Waals surface area contributed by atoms with Crippen molar-refractivity contribution >= 4 is 23.3 Å². The van der Waals surface area contributed by atoms with E-state index in [1.807, 2.05) is 62.4 Å². The molecule has 3 nitrogen and oxygen atoms in total. The Balaban J connectivity index is 1.86. The Labute approximate surface area is 154 Å². The summed E-state index contributed by atoms with van der Waals surface area (Å²) in [5.74, 6) is 0.123. The van der Waals surface area contributed by atoms with E-state index in [0.717, 1.165) is 11.1 Å². The molecule has 0 N–H and O–H groups in total. The smallest absolute Gasteiger partial charge is 0.267 e. The topological polar surface area (TPSA) is 29.5 Å². The molecule has 1 aliphatic heterocycles. The zero-order valence-electron chi connectivity index (χ0n) is 14.8. The van der Waals surface area contributed by atoms with Gasteiger partial charge in [-0.1, -0.05) is 67.6 Å². The lowest BCUT2D eigenvalue weighted by Crippen LogP contribution is -2.38. The second kappa shape index (κ2) is 6.96. The number of carbonyl (C=O) groups excluding carboxylic acids is 1. The molecule has 1 fully saturated rings. The van der Waals surface area contributed by atoms with Gasteiger partial charge in [0.05, 0.1) is 0 Å². The molecule has 130 valence electrons. The van der Waals surface area contributed by atoms with E-state index in [2.05, 4.69) is 19.1 Å². The summed E-state index contributed by atoms with van der Waals surface area (Å²) < 4.78 is 5.87. The van der Waals surface area contributed by atoms with Crippen molar-refractivity contribution in [3.63, 3.8) is 0 Å². The van der Waals surface area contributed by atoms with Gasteiger partial charge in [-0.05, 0) is 43.1 Å². The average Bonchev–Trinajstić information content (AvgIpc) is 2.85. The highest BCUT2D eigenvalue weighted by atomic mass is 32.1. The molecule has 3 rings (SSSR count). The molecule has 2 aromatic carbocycles.